The smallest absolute Gasteiger partial charge is 0.128 e. The molecule has 0 aliphatic carbocycles. The van der Waals surface area contributed by atoms with Crippen molar-refractivity contribution < 1.29 is 8.78 Å². The zero-order valence-corrected chi connectivity index (χ0v) is 12.2. The van der Waals surface area contributed by atoms with Gasteiger partial charge in [0.25, 0.3) is 0 Å². The van der Waals surface area contributed by atoms with Gasteiger partial charge in [-0.25, -0.2) is 8.78 Å². The molecule has 2 atom stereocenters. The predicted octanol–water partition coefficient (Wildman–Crippen LogP) is 4.48. The first kappa shape index (κ1) is 14.5. The van der Waals surface area contributed by atoms with Gasteiger partial charge in [0.15, 0.2) is 0 Å². The molecule has 1 nitrogen and oxygen atoms in total. The van der Waals surface area contributed by atoms with Gasteiger partial charge in [-0.2, -0.15) is 0 Å². The van der Waals surface area contributed by atoms with Crippen molar-refractivity contribution in [3.8, 4) is 0 Å². The molecule has 2 aromatic rings. The highest BCUT2D eigenvalue weighted by Crippen LogP contribution is 2.41. The van der Waals surface area contributed by atoms with Crippen molar-refractivity contribution in [3.63, 3.8) is 0 Å². The summed E-state index contributed by atoms with van der Waals surface area (Å²) < 4.78 is 28.3. The summed E-state index contributed by atoms with van der Waals surface area (Å²) in [6.45, 7) is 1.40. The molecular weight excluding hydrogens is 292 g/mol. The molecule has 1 heterocycles. The van der Waals surface area contributed by atoms with Crippen molar-refractivity contribution in [2.24, 2.45) is 0 Å². The molecule has 0 saturated carbocycles. The maximum Gasteiger partial charge on any atom is 0.128 e. The van der Waals surface area contributed by atoms with Crippen molar-refractivity contribution in [3.05, 3.63) is 70.2 Å². The molecule has 1 fully saturated rings. The zero-order valence-electron chi connectivity index (χ0n) is 11.5. The third-order valence-corrected chi connectivity index (χ3v) is 4.49. The van der Waals surface area contributed by atoms with E-state index in [4.69, 9.17) is 11.6 Å². The largest absolute Gasteiger partial charge is 0.316 e. The molecule has 2 aromatic carbocycles. The molecule has 0 bridgehead atoms. The summed E-state index contributed by atoms with van der Waals surface area (Å²) in [4.78, 5) is 0. The standard InChI is InChI=1S/C17H16ClF2N/c18-14-5-3-7-16(20)17(14)12-8-9-21-10-13(12)11-4-1-2-6-15(11)19/h1-7,12-13,21H,8-10H2. The second kappa shape index (κ2) is 6.12. The highest BCUT2D eigenvalue weighted by molar-refractivity contribution is 6.31. The Balaban J connectivity index is 2.05. The molecule has 1 saturated heterocycles. The minimum absolute atomic E-state index is 0.114. The van der Waals surface area contributed by atoms with Gasteiger partial charge in [0.1, 0.15) is 11.6 Å². The van der Waals surface area contributed by atoms with E-state index >= 15 is 0 Å². The number of hydrogen-bond donors (Lipinski definition) is 1. The van der Waals surface area contributed by atoms with Gasteiger partial charge in [0.2, 0.25) is 0 Å². The van der Waals surface area contributed by atoms with E-state index in [2.05, 4.69) is 5.32 Å². The van der Waals surface area contributed by atoms with Crippen LogP contribution in [0.15, 0.2) is 42.5 Å². The third kappa shape index (κ3) is 2.81. The van der Waals surface area contributed by atoms with E-state index in [1.54, 1.807) is 24.3 Å². The van der Waals surface area contributed by atoms with Crippen LogP contribution in [-0.4, -0.2) is 13.1 Å². The van der Waals surface area contributed by atoms with Crippen LogP contribution >= 0.6 is 11.6 Å². The fourth-order valence-electron chi connectivity index (χ4n) is 3.17. The van der Waals surface area contributed by atoms with Crippen LogP contribution in [0.3, 0.4) is 0 Å². The molecule has 0 aromatic heterocycles. The normalized spacial score (nSPS) is 22.2. The van der Waals surface area contributed by atoms with Gasteiger partial charge in [0.05, 0.1) is 0 Å². The molecule has 3 rings (SSSR count). The predicted molar refractivity (Wildman–Crippen MR) is 80.8 cm³/mol. The highest BCUT2D eigenvalue weighted by atomic mass is 35.5. The Bertz CT molecular complexity index is 624. The van der Waals surface area contributed by atoms with Crippen LogP contribution in [-0.2, 0) is 0 Å². The summed E-state index contributed by atoms with van der Waals surface area (Å²) in [5.74, 6) is -0.786. The van der Waals surface area contributed by atoms with Crippen molar-refractivity contribution in [2.75, 3.05) is 13.1 Å². The van der Waals surface area contributed by atoms with Crippen molar-refractivity contribution in [1.82, 2.24) is 5.32 Å². The molecule has 1 N–H and O–H groups in total. The highest BCUT2D eigenvalue weighted by Gasteiger charge is 2.32. The number of rotatable bonds is 2. The Morgan fingerprint density at radius 1 is 0.952 bits per heavy atom. The Labute approximate surface area is 127 Å². The van der Waals surface area contributed by atoms with Crippen LogP contribution in [0, 0.1) is 11.6 Å². The van der Waals surface area contributed by atoms with E-state index in [1.807, 2.05) is 6.07 Å². The second-order valence-electron chi connectivity index (χ2n) is 5.36. The van der Waals surface area contributed by atoms with Crippen LogP contribution in [0.2, 0.25) is 5.02 Å². The maximum atomic E-state index is 14.2. The SMILES string of the molecule is Fc1ccccc1C1CNCCC1c1c(F)cccc1Cl. The van der Waals surface area contributed by atoms with Crippen LogP contribution < -0.4 is 5.32 Å². The van der Waals surface area contributed by atoms with Crippen molar-refractivity contribution >= 4 is 11.6 Å². The third-order valence-electron chi connectivity index (χ3n) is 4.16. The lowest BCUT2D eigenvalue weighted by atomic mass is 9.77. The monoisotopic (exact) mass is 307 g/mol. The summed E-state index contributed by atoms with van der Waals surface area (Å²) in [7, 11) is 0. The van der Waals surface area contributed by atoms with E-state index in [1.165, 1.54) is 12.1 Å². The number of hydrogen-bond acceptors (Lipinski definition) is 1. The Kier molecular flexibility index (Phi) is 4.22. The van der Waals surface area contributed by atoms with Gasteiger partial charge < -0.3 is 5.32 Å². The summed E-state index contributed by atoms with van der Waals surface area (Å²) in [5.41, 5.74) is 1.13. The van der Waals surface area contributed by atoms with E-state index in [0.29, 0.717) is 22.7 Å². The van der Waals surface area contributed by atoms with E-state index in [0.717, 1.165) is 13.0 Å². The number of benzene rings is 2. The van der Waals surface area contributed by atoms with Crippen LogP contribution in [0.5, 0.6) is 0 Å². The lowest BCUT2D eigenvalue weighted by molar-refractivity contribution is 0.384. The van der Waals surface area contributed by atoms with Crippen LogP contribution in [0.25, 0.3) is 0 Å². The van der Waals surface area contributed by atoms with Crippen LogP contribution in [0.1, 0.15) is 29.4 Å². The Morgan fingerprint density at radius 3 is 2.48 bits per heavy atom. The molecule has 0 amide bonds. The Hall–Kier alpha value is -1.45. The van der Waals surface area contributed by atoms with Crippen molar-refractivity contribution in [1.29, 1.82) is 0 Å². The molecule has 4 heteroatoms. The molecule has 1 aliphatic heterocycles. The topological polar surface area (TPSA) is 12.0 Å². The quantitative estimate of drug-likeness (QED) is 0.862. The van der Waals surface area contributed by atoms with E-state index in [9.17, 15) is 8.78 Å². The zero-order chi connectivity index (χ0) is 14.8. The van der Waals surface area contributed by atoms with Gasteiger partial charge in [-0.15, -0.1) is 0 Å². The molecule has 0 radical (unpaired) electrons. The molecule has 1 aliphatic rings. The van der Waals surface area contributed by atoms with Crippen LogP contribution in [0.4, 0.5) is 8.78 Å². The minimum Gasteiger partial charge on any atom is -0.316 e. The number of nitrogens with one attached hydrogen (secondary N) is 1. The van der Waals surface area contributed by atoms with Gasteiger partial charge in [-0.3, -0.25) is 0 Å². The first-order valence-electron chi connectivity index (χ1n) is 7.07. The summed E-state index contributed by atoms with van der Waals surface area (Å²) in [5, 5.41) is 3.69. The fraction of sp³-hybridized carbons (Fsp3) is 0.294. The average Bonchev–Trinajstić information content (AvgIpc) is 2.48. The molecule has 2 unspecified atom stereocenters. The molecule has 110 valence electrons. The molecule has 21 heavy (non-hydrogen) atoms. The summed E-state index contributed by atoms with van der Waals surface area (Å²) in [6.07, 6.45) is 0.736. The van der Waals surface area contributed by atoms with Crippen molar-refractivity contribution in [2.45, 2.75) is 18.3 Å². The van der Waals surface area contributed by atoms with E-state index < -0.39 is 0 Å². The number of piperidine rings is 1. The van der Waals surface area contributed by atoms with Gasteiger partial charge >= 0.3 is 0 Å². The minimum atomic E-state index is -0.310. The second-order valence-corrected chi connectivity index (χ2v) is 5.77. The lowest BCUT2D eigenvalue weighted by Crippen LogP contribution is -2.35. The van der Waals surface area contributed by atoms with E-state index in [-0.39, 0.29) is 23.5 Å². The summed E-state index contributed by atoms with van der Waals surface area (Å²) in [6, 6.07) is 11.4. The van der Waals surface area contributed by atoms with Gasteiger partial charge in [0, 0.05) is 23.0 Å². The van der Waals surface area contributed by atoms with Gasteiger partial charge in [-0.05, 0) is 42.6 Å². The summed E-state index contributed by atoms with van der Waals surface area (Å²) >= 11 is 6.20. The first-order chi connectivity index (χ1) is 10.2. The lowest BCUT2D eigenvalue weighted by Gasteiger charge is -2.33. The molecular formula is C17H16ClF2N. The van der Waals surface area contributed by atoms with Gasteiger partial charge in [-0.1, -0.05) is 35.9 Å². The average molecular weight is 308 g/mol. The molecule has 0 spiro atoms. The fourth-order valence-corrected chi connectivity index (χ4v) is 3.47. The number of halogens is 3. The Morgan fingerprint density at radius 2 is 1.71 bits per heavy atom. The first-order valence-corrected chi connectivity index (χ1v) is 7.45. The maximum absolute atomic E-state index is 14.2.